The summed E-state index contributed by atoms with van der Waals surface area (Å²) in [6, 6.07) is 31.2. The van der Waals surface area contributed by atoms with Crippen LogP contribution in [0.2, 0.25) is 0 Å². The van der Waals surface area contributed by atoms with E-state index in [9.17, 15) is 19.5 Å². The molecule has 0 saturated carbocycles. The average Bonchev–Trinajstić information content (AvgIpc) is 3.02. The van der Waals surface area contributed by atoms with Crippen LogP contribution in [0.5, 0.6) is 5.75 Å². The van der Waals surface area contributed by atoms with Gasteiger partial charge in [0, 0.05) is 6.61 Å². The summed E-state index contributed by atoms with van der Waals surface area (Å²) in [7, 11) is 0. The predicted molar refractivity (Wildman–Crippen MR) is 152 cm³/mol. The van der Waals surface area contributed by atoms with Gasteiger partial charge in [-0.15, -0.1) is 0 Å². The molecule has 41 heavy (non-hydrogen) atoms. The summed E-state index contributed by atoms with van der Waals surface area (Å²) in [4.78, 5) is 36.2. The van der Waals surface area contributed by atoms with Crippen molar-refractivity contribution in [2.75, 3.05) is 13.2 Å². The number of benzene rings is 4. The topological polar surface area (TPSA) is 119 Å². The van der Waals surface area contributed by atoms with Crippen molar-refractivity contribution in [2.24, 2.45) is 0 Å². The molecule has 0 aromatic heterocycles. The van der Waals surface area contributed by atoms with Gasteiger partial charge in [-0.3, -0.25) is 0 Å². The van der Waals surface area contributed by atoms with Crippen LogP contribution in [0.15, 0.2) is 109 Å². The molecular weight excluding hydrogens is 524 g/mol. The second-order valence-electron chi connectivity index (χ2n) is 8.79. The minimum Gasteiger partial charge on any atom is -0.508 e. The lowest BCUT2D eigenvalue weighted by Crippen LogP contribution is -2.14. The summed E-state index contributed by atoms with van der Waals surface area (Å²) >= 11 is 0. The molecular formula is C33H32O8. The highest BCUT2D eigenvalue weighted by atomic mass is 16.5. The molecule has 0 aliphatic rings. The van der Waals surface area contributed by atoms with E-state index >= 15 is 0 Å². The molecule has 212 valence electrons. The normalized spacial score (nSPS) is 10.1. The van der Waals surface area contributed by atoms with E-state index < -0.39 is 11.9 Å². The van der Waals surface area contributed by atoms with Gasteiger partial charge < -0.3 is 24.4 Å². The van der Waals surface area contributed by atoms with Crippen molar-refractivity contribution in [1.82, 2.24) is 0 Å². The third-order valence-corrected chi connectivity index (χ3v) is 5.66. The number of rotatable bonds is 11. The maximum atomic E-state index is 12.4. The van der Waals surface area contributed by atoms with Crippen molar-refractivity contribution in [3.8, 4) is 5.75 Å². The summed E-state index contributed by atoms with van der Waals surface area (Å²) in [6.07, 6.45) is 1.37. The van der Waals surface area contributed by atoms with E-state index in [1.807, 2.05) is 66.7 Å². The van der Waals surface area contributed by atoms with Crippen molar-refractivity contribution in [1.29, 1.82) is 0 Å². The third-order valence-electron chi connectivity index (χ3n) is 5.66. The monoisotopic (exact) mass is 556 g/mol. The van der Waals surface area contributed by atoms with Gasteiger partial charge in [0.2, 0.25) is 0 Å². The first-order chi connectivity index (χ1) is 20.0. The number of phenols is 1. The minimum atomic E-state index is -0.707. The molecule has 0 radical (unpaired) electrons. The Morgan fingerprint density at radius 2 is 1.07 bits per heavy atom. The fourth-order valence-electron chi connectivity index (χ4n) is 3.52. The van der Waals surface area contributed by atoms with Gasteiger partial charge in [0.1, 0.15) is 19.0 Å². The number of carbonyl (C=O) groups is 3. The van der Waals surface area contributed by atoms with Crippen LogP contribution in [-0.4, -0.2) is 41.3 Å². The highest BCUT2D eigenvalue weighted by Gasteiger charge is 2.20. The van der Waals surface area contributed by atoms with Crippen molar-refractivity contribution >= 4 is 17.9 Å². The van der Waals surface area contributed by atoms with E-state index in [0.717, 1.165) is 11.1 Å². The molecule has 8 heteroatoms. The molecule has 8 nitrogen and oxygen atoms in total. The Balaban J connectivity index is 0.000000278. The smallest absolute Gasteiger partial charge is 0.339 e. The van der Waals surface area contributed by atoms with E-state index in [1.54, 1.807) is 24.3 Å². The standard InChI is InChI=1S/C22H18O5.C11H14O3/c23-18-11-12-19(21(24)26-14-16-7-3-1-4-8-16)20(13-18)22(25)27-15-17-9-5-2-6-10-17;12-8-4-5-9-14-11(13)10-6-2-1-3-7-10/h1-13,23H,14-15H2;1-3,6-7,12H,4-5,8-9H2. The van der Waals surface area contributed by atoms with E-state index in [2.05, 4.69) is 0 Å². The number of aliphatic hydroxyl groups is 1. The Bertz CT molecular complexity index is 1370. The van der Waals surface area contributed by atoms with Gasteiger partial charge in [-0.05, 0) is 54.3 Å². The Morgan fingerprint density at radius 1 is 0.561 bits per heavy atom. The number of carbonyl (C=O) groups excluding carboxylic acids is 3. The summed E-state index contributed by atoms with van der Waals surface area (Å²) in [5.41, 5.74) is 2.22. The van der Waals surface area contributed by atoms with Crippen LogP contribution in [0.3, 0.4) is 0 Å². The van der Waals surface area contributed by atoms with E-state index in [1.165, 1.54) is 18.2 Å². The number of aromatic hydroxyl groups is 1. The fraction of sp³-hybridized carbons (Fsp3) is 0.182. The number of unbranched alkanes of at least 4 members (excludes halogenated alkanes) is 1. The molecule has 4 aromatic carbocycles. The second kappa shape index (κ2) is 16.9. The van der Waals surface area contributed by atoms with Gasteiger partial charge in [-0.1, -0.05) is 78.9 Å². The molecule has 0 fully saturated rings. The van der Waals surface area contributed by atoms with Crippen LogP contribution < -0.4 is 0 Å². The molecule has 0 saturated heterocycles. The summed E-state index contributed by atoms with van der Waals surface area (Å²) in [5, 5.41) is 18.2. The average molecular weight is 557 g/mol. The molecule has 4 rings (SSSR count). The van der Waals surface area contributed by atoms with Crippen molar-refractivity contribution < 1.29 is 38.8 Å². The number of phenolic OH excluding ortho intramolecular Hbond substituents is 1. The number of ether oxygens (including phenoxy) is 3. The molecule has 2 N–H and O–H groups in total. The zero-order valence-corrected chi connectivity index (χ0v) is 22.5. The summed E-state index contributed by atoms with van der Waals surface area (Å²) in [6.45, 7) is 0.657. The Labute approximate surface area is 238 Å². The first-order valence-electron chi connectivity index (χ1n) is 13.1. The number of esters is 3. The van der Waals surface area contributed by atoms with Gasteiger partial charge >= 0.3 is 17.9 Å². The number of aliphatic hydroxyl groups excluding tert-OH is 1. The molecule has 0 aliphatic heterocycles. The van der Waals surface area contributed by atoms with Crippen molar-refractivity contribution in [3.05, 3.63) is 137 Å². The maximum absolute atomic E-state index is 12.4. The van der Waals surface area contributed by atoms with E-state index in [0.29, 0.717) is 25.0 Å². The lowest BCUT2D eigenvalue weighted by Gasteiger charge is -2.10. The first kappa shape index (κ1) is 30.6. The predicted octanol–water partition coefficient (Wildman–Crippen LogP) is 5.72. The summed E-state index contributed by atoms with van der Waals surface area (Å²) < 4.78 is 15.5. The third kappa shape index (κ3) is 10.6. The SMILES string of the molecule is O=C(OCCCCO)c1ccccc1.O=C(OCc1ccccc1)c1ccc(O)cc1C(=O)OCc1ccccc1. The van der Waals surface area contributed by atoms with Crippen molar-refractivity contribution in [3.63, 3.8) is 0 Å². The highest BCUT2D eigenvalue weighted by molar-refractivity contribution is 6.03. The highest BCUT2D eigenvalue weighted by Crippen LogP contribution is 2.20. The van der Waals surface area contributed by atoms with Crippen LogP contribution >= 0.6 is 0 Å². The molecule has 0 heterocycles. The number of hydrogen-bond donors (Lipinski definition) is 2. The molecule has 0 aliphatic carbocycles. The maximum Gasteiger partial charge on any atom is 0.339 e. The van der Waals surface area contributed by atoms with Gasteiger partial charge in [0.05, 0.1) is 23.3 Å². The molecule has 0 atom stereocenters. The molecule has 4 aromatic rings. The fourth-order valence-corrected chi connectivity index (χ4v) is 3.52. The molecule has 0 amide bonds. The molecule has 0 unspecified atom stereocenters. The zero-order valence-electron chi connectivity index (χ0n) is 22.5. The van der Waals surface area contributed by atoms with Crippen LogP contribution in [-0.2, 0) is 27.4 Å². The van der Waals surface area contributed by atoms with Gasteiger partial charge in [0.25, 0.3) is 0 Å². The Kier molecular flexibility index (Phi) is 12.6. The lowest BCUT2D eigenvalue weighted by atomic mass is 10.1. The molecule has 0 spiro atoms. The van der Waals surface area contributed by atoms with Crippen molar-refractivity contribution in [2.45, 2.75) is 26.1 Å². The Morgan fingerprint density at radius 3 is 1.61 bits per heavy atom. The van der Waals surface area contributed by atoms with Crippen LogP contribution in [0.25, 0.3) is 0 Å². The quantitative estimate of drug-likeness (QED) is 0.137. The van der Waals surface area contributed by atoms with Gasteiger partial charge in [0.15, 0.2) is 0 Å². The minimum absolute atomic E-state index is 0.0380. The van der Waals surface area contributed by atoms with Gasteiger partial charge in [-0.25, -0.2) is 14.4 Å². The first-order valence-corrected chi connectivity index (χ1v) is 13.1. The summed E-state index contributed by atoms with van der Waals surface area (Å²) in [5.74, 6) is -1.81. The molecule has 0 bridgehead atoms. The lowest BCUT2D eigenvalue weighted by molar-refractivity contribution is 0.0425. The van der Waals surface area contributed by atoms with Gasteiger partial charge in [-0.2, -0.15) is 0 Å². The van der Waals surface area contributed by atoms with Crippen LogP contribution in [0.4, 0.5) is 0 Å². The van der Waals surface area contributed by atoms with Crippen LogP contribution in [0, 0.1) is 0 Å². The largest absolute Gasteiger partial charge is 0.508 e. The zero-order chi connectivity index (χ0) is 29.3. The Hall–Kier alpha value is -4.95. The number of hydrogen-bond acceptors (Lipinski definition) is 8. The van der Waals surface area contributed by atoms with Crippen LogP contribution in [0.1, 0.15) is 55.0 Å². The van der Waals surface area contributed by atoms with E-state index in [-0.39, 0.29) is 42.7 Å². The van der Waals surface area contributed by atoms with E-state index in [4.69, 9.17) is 19.3 Å². The second-order valence-corrected chi connectivity index (χ2v) is 8.79.